The molecule has 7 heteroatoms. The van der Waals surface area contributed by atoms with Crippen molar-refractivity contribution >= 4 is 35.0 Å². The Hall–Kier alpha value is -2.86. The van der Waals surface area contributed by atoms with Crippen molar-refractivity contribution in [2.75, 3.05) is 11.4 Å². The first-order valence-corrected chi connectivity index (χ1v) is 8.54. The molecule has 0 saturated carbocycles. The molecule has 1 fully saturated rings. The summed E-state index contributed by atoms with van der Waals surface area (Å²) < 4.78 is 0. The summed E-state index contributed by atoms with van der Waals surface area (Å²) in [7, 11) is 0. The Balaban J connectivity index is 1.58. The first-order chi connectivity index (χ1) is 12.4. The molecule has 0 aromatic heterocycles. The smallest absolute Gasteiger partial charge is 0.269 e. The first kappa shape index (κ1) is 17.9. The van der Waals surface area contributed by atoms with Crippen molar-refractivity contribution < 1.29 is 14.4 Å². The van der Waals surface area contributed by atoms with Crippen LogP contribution in [0.15, 0.2) is 48.5 Å². The van der Waals surface area contributed by atoms with E-state index in [1.165, 1.54) is 0 Å². The molecule has 1 aliphatic heterocycles. The average molecular weight is 372 g/mol. The van der Waals surface area contributed by atoms with Crippen LogP contribution in [0.1, 0.15) is 22.3 Å². The Kier molecular flexibility index (Phi) is 5.23. The zero-order chi connectivity index (χ0) is 18.7. The number of nitrogens with zero attached hydrogens (tertiary/aromatic N) is 1. The molecular formula is C19H18ClN3O3. The summed E-state index contributed by atoms with van der Waals surface area (Å²) in [6.45, 7) is 2.14. The zero-order valence-corrected chi connectivity index (χ0v) is 14.9. The second-order valence-corrected chi connectivity index (χ2v) is 6.63. The topological polar surface area (TPSA) is 78.5 Å². The molecule has 0 bridgehead atoms. The molecule has 1 heterocycles. The maximum Gasteiger partial charge on any atom is 0.269 e. The quantitative estimate of drug-likeness (QED) is 0.813. The highest BCUT2D eigenvalue weighted by Crippen LogP contribution is 2.26. The number of anilines is 1. The summed E-state index contributed by atoms with van der Waals surface area (Å²) in [5.41, 5.74) is 6.89. The number of aryl methyl sites for hydroxylation is 1. The van der Waals surface area contributed by atoms with E-state index < -0.39 is 17.7 Å². The van der Waals surface area contributed by atoms with Gasteiger partial charge in [-0.25, -0.2) is 0 Å². The van der Waals surface area contributed by atoms with Gasteiger partial charge in [0.05, 0.1) is 5.92 Å². The lowest BCUT2D eigenvalue weighted by Crippen LogP contribution is -2.45. The van der Waals surface area contributed by atoms with Crippen LogP contribution in [0.25, 0.3) is 0 Å². The highest BCUT2D eigenvalue weighted by molar-refractivity contribution is 6.30. The lowest BCUT2D eigenvalue weighted by Gasteiger charge is -2.17. The zero-order valence-electron chi connectivity index (χ0n) is 14.2. The van der Waals surface area contributed by atoms with E-state index in [1.54, 1.807) is 47.4 Å². The third-order valence-electron chi connectivity index (χ3n) is 4.21. The second kappa shape index (κ2) is 7.58. The first-order valence-electron chi connectivity index (χ1n) is 8.17. The number of benzene rings is 2. The van der Waals surface area contributed by atoms with Gasteiger partial charge in [0, 0.05) is 29.2 Å². The molecule has 1 saturated heterocycles. The molecule has 2 N–H and O–H groups in total. The fraction of sp³-hybridized carbons (Fsp3) is 0.211. The van der Waals surface area contributed by atoms with E-state index >= 15 is 0 Å². The van der Waals surface area contributed by atoms with E-state index in [0.717, 1.165) is 5.56 Å². The summed E-state index contributed by atoms with van der Waals surface area (Å²) in [4.78, 5) is 38.1. The Morgan fingerprint density at radius 2 is 1.85 bits per heavy atom. The molecule has 26 heavy (non-hydrogen) atoms. The molecule has 2 aromatic carbocycles. The number of rotatable bonds is 3. The minimum absolute atomic E-state index is 0.0920. The highest BCUT2D eigenvalue weighted by atomic mass is 35.5. The molecule has 1 atom stereocenters. The van der Waals surface area contributed by atoms with Gasteiger partial charge in [0.15, 0.2) is 0 Å². The molecule has 0 unspecified atom stereocenters. The van der Waals surface area contributed by atoms with E-state index in [-0.39, 0.29) is 18.9 Å². The normalized spacial score (nSPS) is 16.5. The average Bonchev–Trinajstić information content (AvgIpc) is 3.02. The summed E-state index contributed by atoms with van der Waals surface area (Å²) in [5.74, 6) is -1.47. The fourth-order valence-corrected chi connectivity index (χ4v) is 2.96. The number of nitrogens with one attached hydrogen (secondary N) is 2. The molecular weight excluding hydrogens is 354 g/mol. The van der Waals surface area contributed by atoms with Crippen LogP contribution in [0.4, 0.5) is 5.69 Å². The minimum Gasteiger partial charge on any atom is -0.312 e. The van der Waals surface area contributed by atoms with E-state index in [9.17, 15) is 14.4 Å². The van der Waals surface area contributed by atoms with Crippen LogP contribution in [0, 0.1) is 12.8 Å². The number of halogens is 1. The lowest BCUT2D eigenvalue weighted by atomic mass is 10.1. The van der Waals surface area contributed by atoms with Gasteiger partial charge in [-0.3, -0.25) is 25.2 Å². The predicted molar refractivity (Wildman–Crippen MR) is 98.7 cm³/mol. The molecule has 2 aromatic rings. The Morgan fingerprint density at radius 1 is 1.12 bits per heavy atom. The number of hydrazine groups is 1. The molecule has 134 valence electrons. The van der Waals surface area contributed by atoms with Gasteiger partial charge in [0.2, 0.25) is 11.8 Å². The van der Waals surface area contributed by atoms with Crippen LogP contribution in [-0.2, 0) is 9.59 Å². The number of carbonyl (C=O) groups is 3. The van der Waals surface area contributed by atoms with Crippen molar-refractivity contribution in [2.24, 2.45) is 5.92 Å². The van der Waals surface area contributed by atoms with Crippen LogP contribution >= 0.6 is 11.6 Å². The number of hydrogen-bond acceptors (Lipinski definition) is 3. The SMILES string of the molecule is Cc1cccc(C(=O)NNC(=O)[C@@H]2CC(=O)N(c3ccc(Cl)cc3)C2)c1. The van der Waals surface area contributed by atoms with Crippen molar-refractivity contribution in [3.63, 3.8) is 0 Å². The highest BCUT2D eigenvalue weighted by Gasteiger charge is 2.35. The molecule has 6 nitrogen and oxygen atoms in total. The summed E-state index contributed by atoms with van der Waals surface area (Å²) in [6, 6.07) is 13.9. The van der Waals surface area contributed by atoms with Gasteiger partial charge < -0.3 is 4.90 Å². The third kappa shape index (κ3) is 4.03. The minimum atomic E-state index is -0.531. The van der Waals surface area contributed by atoms with E-state index in [4.69, 9.17) is 11.6 Å². The Labute approximate surface area is 156 Å². The number of amides is 3. The number of carbonyl (C=O) groups excluding carboxylic acids is 3. The standard InChI is InChI=1S/C19H18ClN3O3/c1-12-3-2-4-13(9-12)18(25)21-22-19(26)14-10-17(24)23(11-14)16-7-5-15(20)6-8-16/h2-9,14H,10-11H2,1H3,(H,21,25)(H,22,26)/t14-/m1/s1. The van der Waals surface area contributed by atoms with Gasteiger partial charge in [-0.1, -0.05) is 29.3 Å². The van der Waals surface area contributed by atoms with Gasteiger partial charge in [-0.05, 0) is 43.3 Å². The second-order valence-electron chi connectivity index (χ2n) is 6.19. The van der Waals surface area contributed by atoms with Crippen LogP contribution in [0.3, 0.4) is 0 Å². The molecule has 3 rings (SSSR count). The van der Waals surface area contributed by atoms with Crippen molar-refractivity contribution in [3.05, 3.63) is 64.7 Å². The van der Waals surface area contributed by atoms with Crippen molar-refractivity contribution in [1.82, 2.24) is 10.9 Å². The van der Waals surface area contributed by atoms with E-state index in [0.29, 0.717) is 16.3 Å². The molecule has 0 radical (unpaired) electrons. The summed E-state index contributed by atoms with van der Waals surface area (Å²) >= 11 is 5.86. The fourth-order valence-electron chi connectivity index (χ4n) is 2.83. The van der Waals surface area contributed by atoms with Crippen LogP contribution in [0.5, 0.6) is 0 Å². The predicted octanol–water partition coefficient (Wildman–Crippen LogP) is 2.46. The maximum atomic E-state index is 12.3. The van der Waals surface area contributed by atoms with Crippen molar-refractivity contribution in [1.29, 1.82) is 0 Å². The molecule has 1 aliphatic rings. The van der Waals surface area contributed by atoms with Gasteiger partial charge >= 0.3 is 0 Å². The van der Waals surface area contributed by atoms with Gasteiger partial charge in [-0.2, -0.15) is 0 Å². The lowest BCUT2D eigenvalue weighted by molar-refractivity contribution is -0.126. The van der Waals surface area contributed by atoms with Gasteiger partial charge in [0.25, 0.3) is 5.91 Å². The largest absolute Gasteiger partial charge is 0.312 e. The summed E-state index contributed by atoms with van der Waals surface area (Å²) in [6.07, 6.45) is 0.0920. The Morgan fingerprint density at radius 3 is 2.54 bits per heavy atom. The Bertz CT molecular complexity index is 851. The van der Waals surface area contributed by atoms with Crippen LogP contribution < -0.4 is 15.8 Å². The molecule has 0 aliphatic carbocycles. The summed E-state index contributed by atoms with van der Waals surface area (Å²) in [5, 5.41) is 0.577. The van der Waals surface area contributed by atoms with E-state index in [2.05, 4.69) is 10.9 Å². The van der Waals surface area contributed by atoms with E-state index in [1.807, 2.05) is 13.0 Å². The van der Waals surface area contributed by atoms with Gasteiger partial charge in [-0.15, -0.1) is 0 Å². The van der Waals surface area contributed by atoms with Crippen LogP contribution in [0.2, 0.25) is 5.02 Å². The molecule has 3 amide bonds. The van der Waals surface area contributed by atoms with Crippen molar-refractivity contribution in [3.8, 4) is 0 Å². The van der Waals surface area contributed by atoms with Crippen molar-refractivity contribution in [2.45, 2.75) is 13.3 Å². The maximum absolute atomic E-state index is 12.3. The molecule has 0 spiro atoms. The monoisotopic (exact) mass is 371 g/mol. The third-order valence-corrected chi connectivity index (χ3v) is 4.47. The van der Waals surface area contributed by atoms with Crippen LogP contribution in [-0.4, -0.2) is 24.3 Å². The van der Waals surface area contributed by atoms with Gasteiger partial charge in [0.1, 0.15) is 0 Å². The number of hydrogen-bond donors (Lipinski definition) is 2.